The topological polar surface area (TPSA) is 29.3 Å². The van der Waals surface area contributed by atoms with Crippen LogP contribution >= 0.6 is 0 Å². The monoisotopic (exact) mass is 252 g/mol. The normalized spacial score (nSPS) is 43.7. The van der Waals surface area contributed by atoms with E-state index in [4.69, 9.17) is 5.73 Å². The highest BCUT2D eigenvalue weighted by Gasteiger charge is 2.44. The first-order chi connectivity index (χ1) is 8.58. The fraction of sp³-hybridized carbons (Fsp3) is 1.00. The van der Waals surface area contributed by atoms with Gasteiger partial charge in [-0.1, -0.05) is 27.2 Å². The lowest BCUT2D eigenvalue weighted by Crippen LogP contribution is -2.60. The number of rotatable bonds is 2. The summed E-state index contributed by atoms with van der Waals surface area (Å²) >= 11 is 0. The van der Waals surface area contributed by atoms with Crippen LogP contribution in [0.25, 0.3) is 0 Å². The van der Waals surface area contributed by atoms with E-state index in [2.05, 4.69) is 25.7 Å². The summed E-state index contributed by atoms with van der Waals surface area (Å²) in [5.74, 6) is 2.53. The average molecular weight is 252 g/mol. The first kappa shape index (κ1) is 14.3. The van der Waals surface area contributed by atoms with Gasteiger partial charge in [-0.05, 0) is 62.9 Å². The minimum Gasteiger partial charge on any atom is -0.329 e. The number of hydrogen-bond donors (Lipinski definition) is 1. The summed E-state index contributed by atoms with van der Waals surface area (Å²) in [5.41, 5.74) is 6.57. The maximum absolute atomic E-state index is 6.27. The number of likely N-dealkylation sites (tertiary alicyclic amines) is 1. The maximum atomic E-state index is 6.27. The van der Waals surface area contributed by atoms with E-state index in [1.165, 1.54) is 51.6 Å². The predicted molar refractivity (Wildman–Crippen MR) is 78.6 cm³/mol. The summed E-state index contributed by atoms with van der Waals surface area (Å²) in [4.78, 5) is 2.77. The highest BCUT2D eigenvalue weighted by atomic mass is 15.2. The van der Waals surface area contributed by atoms with Gasteiger partial charge in [0, 0.05) is 12.1 Å². The van der Waals surface area contributed by atoms with E-state index in [1.54, 1.807) is 0 Å². The zero-order valence-corrected chi connectivity index (χ0v) is 12.6. The van der Waals surface area contributed by atoms with Crippen LogP contribution < -0.4 is 5.73 Å². The van der Waals surface area contributed by atoms with E-state index >= 15 is 0 Å². The minimum absolute atomic E-state index is 0.307. The molecule has 4 unspecified atom stereocenters. The molecule has 18 heavy (non-hydrogen) atoms. The smallest absolute Gasteiger partial charge is 0.0359 e. The van der Waals surface area contributed by atoms with Crippen molar-refractivity contribution in [3.63, 3.8) is 0 Å². The molecular formula is C16H32N2. The van der Waals surface area contributed by atoms with Crippen molar-refractivity contribution >= 4 is 0 Å². The number of hydrogen-bond acceptors (Lipinski definition) is 2. The van der Waals surface area contributed by atoms with Crippen LogP contribution in [0.3, 0.4) is 0 Å². The Bertz CT molecular complexity index is 266. The largest absolute Gasteiger partial charge is 0.329 e. The molecule has 2 N–H and O–H groups in total. The van der Waals surface area contributed by atoms with Crippen molar-refractivity contribution in [2.75, 3.05) is 19.6 Å². The summed E-state index contributed by atoms with van der Waals surface area (Å²) in [7, 11) is 0. The molecule has 0 aromatic rings. The second-order valence-electron chi connectivity index (χ2n) is 7.12. The molecule has 0 amide bonds. The summed E-state index contributed by atoms with van der Waals surface area (Å²) < 4.78 is 0. The van der Waals surface area contributed by atoms with Gasteiger partial charge in [-0.3, -0.25) is 4.90 Å². The molecule has 2 nitrogen and oxygen atoms in total. The third-order valence-corrected chi connectivity index (χ3v) is 5.71. The van der Waals surface area contributed by atoms with E-state index < -0.39 is 0 Å². The van der Waals surface area contributed by atoms with Crippen LogP contribution in [0.5, 0.6) is 0 Å². The summed E-state index contributed by atoms with van der Waals surface area (Å²) in [6.07, 6.45) is 8.21. The Hall–Kier alpha value is -0.0800. The van der Waals surface area contributed by atoms with Crippen molar-refractivity contribution < 1.29 is 0 Å². The van der Waals surface area contributed by atoms with Crippen LogP contribution in [0, 0.1) is 17.8 Å². The summed E-state index contributed by atoms with van der Waals surface area (Å²) in [6, 6.07) is 0. The van der Waals surface area contributed by atoms with Gasteiger partial charge in [0.2, 0.25) is 0 Å². The molecule has 0 bridgehead atoms. The fourth-order valence-electron chi connectivity index (χ4n) is 4.27. The third-order valence-electron chi connectivity index (χ3n) is 5.71. The van der Waals surface area contributed by atoms with E-state index in [9.17, 15) is 0 Å². The van der Waals surface area contributed by atoms with Gasteiger partial charge in [-0.15, -0.1) is 0 Å². The Kier molecular flexibility index (Phi) is 4.71. The summed E-state index contributed by atoms with van der Waals surface area (Å²) in [5, 5.41) is 0. The molecule has 106 valence electrons. The van der Waals surface area contributed by atoms with Gasteiger partial charge in [0.1, 0.15) is 0 Å². The van der Waals surface area contributed by atoms with Crippen molar-refractivity contribution in [2.45, 2.75) is 64.8 Å². The highest BCUT2D eigenvalue weighted by Crippen LogP contribution is 2.41. The van der Waals surface area contributed by atoms with Crippen molar-refractivity contribution in [3.05, 3.63) is 0 Å². The lowest BCUT2D eigenvalue weighted by atomic mass is 9.68. The third kappa shape index (κ3) is 2.75. The van der Waals surface area contributed by atoms with Gasteiger partial charge in [-0.2, -0.15) is 0 Å². The molecule has 0 spiro atoms. The second-order valence-corrected chi connectivity index (χ2v) is 7.12. The maximum Gasteiger partial charge on any atom is 0.0359 e. The number of nitrogens with two attached hydrogens (primary N) is 1. The van der Waals surface area contributed by atoms with Crippen LogP contribution in [0.1, 0.15) is 59.3 Å². The molecule has 1 heterocycles. The molecule has 4 atom stereocenters. The van der Waals surface area contributed by atoms with Crippen molar-refractivity contribution in [1.29, 1.82) is 0 Å². The van der Waals surface area contributed by atoms with Crippen molar-refractivity contribution in [3.8, 4) is 0 Å². The first-order valence-corrected chi connectivity index (χ1v) is 8.03. The summed E-state index contributed by atoms with van der Waals surface area (Å²) in [6.45, 7) is 10.7. The minimum atomic E-state index is 0.307. The van der Waals surface area contributed by atoms with Gasteiger partial charge in [0.05, 0.1) is 0 Å². The Balaban J connectivity index is 2.14. The Morgan fingerprint density at radius 3 is 2.50 bits per heavy atom. The molecule has 2 aliphatic rings. The second kappa shape index (κ2) is 5.92. The van der Waals surface area contributed by atoms with E-state index in [0.29, 0.717) is 5.54 Å². The molecule has 1 aliphatic heterocycles. The van der Waals surface area contributed by atoms with Gasteiger partial charge < -0.3 is 5.73 Å². The lowest BCUT2D eigenvalue weighted by Gasteiger charge is -2.51. The van der Waals surface area contributed by atoms with Gasteiger partial charge in [0.15, 0.2) is 0 Å². The van der Waals surface area contributed by atoms with E-state index in [1.807, 2.05) is 0 Å². The Morgan fingerprint density at radius 1 is 1.00 bits per heavy atom. The molecule has 1 saturated carbocycles. The van der Waals surface area contributed by atoms with Crippen LogP contribution in [-0.4, -0.2) is 30.1 Å². The van der Waals surface area contributed by atoms with E-state index in [0.717, 1.165) is 24.3 Å². The zero-order valence-electron chi connectivity index (χ0n) is 12.6. The van der Waals surface area contributed by atoms with Crippen LogP contribution in [-0.2, 0) is 0 Å². The van der Waals surface area contributed by atoms with Crippen molar-refractivity contribution in [2.24, 2.45) is 23.5 Å². The Morgan fingerprint density at radius 2 is 1.78 bits per heavy atom. The number of nitrogens with zero attached hydrogens (tertiary/aromatic N) is 1. The molecule has 0 aromatic carbocycles. The predicted octanol–water partition coefficient (Wildman–Crippen LogP) is 3.26. The first-order valence-electron chi connectivity index (χ1n) is 8.03. The zero-order chi connectivity index (χ0) is 13.2. The molecular weight excluding hydrogens is 220 g/mol. The van der Waals surface area contributed by atoms with Crippen LogP contribution in [0.2, 0.25) is 0 Å². The van der Waals surface area contributed by atoms with Crippen molar-refractivity contribution in [1.82, 2.24) is 4.90 Å². The average Bonchev–Trinajstić information content (AvgIpc) is 2.57. The van der Waals surface area contributed by atoms with Crippen LogP contribution in [0.4, 0.5) is 0 Å². The van der Waals surface area contributed by atoms with Gasteiger partial charge >= 0.3 is 0 Å². The quantitative estimate of drug-likeness (QED) is 0.817. The molecule has 0 radical (unpaired) electrons. The molecule has 1 saturated heterocycles. The molecule has 1 aliphatic carbocycles. The SMILES string of the molecule is CC1CCCN(C2(CN)CC(C)CCC2C)CC1. The fourth-order valence-corrected chi connectivity index (χ4v) is 4.27. The standard InChI is InChI=1S/C16H32N2/c1-13-5-4-9-18(10-8-13)16(12-17)11-14(2)6-7-15(16)3/h13-15H,4-12,17H2,1-3H3. The molecule has 2 rings (SSSR count). The highest BCUT2D eigenvalue weighted by molar-refractivity contribution is 5.00. The van der Waals surface area contributed by atoms with Gasteiger partial charge in [0.25, 0.3) is 0 Å². The van der Waals surface area contributed by atoms with E-state index in [-0.39, 0.29) is 0 Å². The molecule has 2 heteroatoms. The molecule has 2 fully saturated rings. The Labute approximate surface area is 113 Å². The van der Waals surface area contributed by atoms with Crippen LogP contribution in [0.15, 0.2) is 0 Å². The lowest BCUT2D eigenvalue weighted by molar-refractivity contribution is -0.00223. The van der Waals surface area contributed by atoms with Gasteiger partial charge in [-0.25, -0.2) is 0 Å². The molecule has 0 aromatic heterocycles.